The molecule has 0 bridgehead atoms. The Labute approximate surface area is 108 Å². The van der Waals surface area contributed by atoms with E-state index in [2.05, 4.69) is 17.3 Å². The molecule has 1 aliphatic heterocycles. The second-order valence-corrected chi connectivity index (χ2v) is 5.09. The van der Waals surface area contributed by atoms with Crippen molar-refractivity contribution in [1.82, 2.24) is 5.32 Å². The first-order valence-electron chi connectivity index (χ1n) is 5.87. The van der Waals surface area contributed by atoms with Gasteiger partial charge >= 0.3 is 0 Å². The van der Waals surface area contributed by atoms with Crippen molar-refractivity contribution in [3.05, 3.63) is 22.7 Å². The number of aryl methyl sites for hydroxylation is 1. The number of rotatable bonds is 4. The fourth-order valence-electron chi connectivity index (χ4n) is 2.07. The van der Waals surface area contributed by atoms with Crippen molar-refractivity contribution in [2.45, 2.75) is 6.92 Å². The van der Waals surface area contributed by atoms with E-state index >= 15 is 0 Å². The monoisotopic (exact) mass is 254 g/mol. The highest BCUT2D eigenvalue weighted by Gasteiger charge is 2.20. The van der Waals surface area contributed by atoms with Crippen molar-refractivity contribution in [2.75, 3.05) is 38.7 Å². The van der Waals surface area contributed by atoms with Gasteiger partial charge in [0, 0.05) is 37.6 Å². The molecule has 94 valence electrons. The summed E-state index contributed by atoms with van der Waals surface area (Å²) in [4.78, 5) is 2.22. The summed E-state index contributed by atoms with van der Waals surface area (Å²) < 4.78 is 5.42. The number of nitrogens with zero attached hydrogens (tertiary/aromatic N) is 1. The molecule has 1 saturated heterocycles. The minimum absolute atomic E-state index is 0.727. The lowest BCUT2D eigenvalue weighted by Gasteiger charge is -2.33. The first kappa shape index (κ1) is 12.5. The molecule has 0 spiro atoms. The van der Waals surface area contributed by atoms with Crippen molar-refractivity contribution in [1.29, 1.82) is 0 Å². The topological polar surface area (TPSA) is 24.5 Å². The fourth-order valence-corrected chi connectivity index (χ4v) is 2.23. The molecule has 4 heteroatoms. The lowest BCUT2D eigenvalue weighted by molar-refractivity contribution is 0.351. The minimum atomic E-state index is 0.727. The summed E-state index contributed by atoms with van der Waals surface area (Å²) in [6, 6.07) is 3.98. The Bertz CT molecular complexity index is 405. The minimum Gasteiger partial charge on any atom is -0.495 e. The van der Waals surface area contributed by atoms with E-state index in [0.29, 0.717) is 0 Å². The van der Waals surface area contributed by atoms with Crippen molar-refractivity contribution in [3.8, 4) is 5.75 Å². The maximum absolute atomic E-state index is 6.18. The highest BCUT2D eigenvalue weighted by Crippen LogP contribution is 2.33. The Balaban J connectivity index is 2.19. The Morgan fingerprint density at radius 2 is 2.18 bits per heavy atom. The quantitative estimate of drug-likeness (QED) is 0.893. The molecule has 1 N–H and O–H groups in total. The average molecular weight is 255 g/mol. The van der Waals surface area contributed by atoms with E-state index in [4.69, 9.17) is 16.3 Å². The molecule has 3 nitrogen and oxygen atoms in total. The third-order valence-corrected chi connectivity index (χ3v) is 3.68. The summed E-state index contributed by atoms with van der Waals surface area (Å²) in [7, 11) is 3.78. The van der Waals surface area contributed by atoms with E-state index in [9.17, 15) is 0 Å². The van der Waals surface area contributed by atoms with E-state index < -0.39 is 0 Å². The normalized spacial score (nSPS) is 15.5. The average Bonchev–Trinajstić information content (AvgIpc) is 2.26. The molecule has 0 aliphatic carbocycles. The van der Waals surface area contributed by atoms with Crippen LogP contribution in [0.2, 0.25) is 5.02 Å². The summed E-state index contributed by atoms with van der Waals surface area (Å²) >= 11 is 6.18. The molecular weight excluding hydrogens is 236 g/mol. The molecule has 1 heterocycles. The number of methoxy groups -OCH3 is 1. The van der Waals surface area contributed by atoms with Crippen LogP contribution >= 0.6 is 11.6 Å². The molecule has 1 fully saturated rings. The van der Waals surface area contributed by atoms with Crippen molar-refractivity contribution in [2.24, 2.45) is 5.92 Å². The van der Waals surface area contributed by atoms with Gasteiger partial charge in [-0.1, -0.05) is 11.6 Å². The van der Waals surface area contributed by atoms with Crippen molar-refractivity contribution in [3.63, 3.8) is 0 Å². The van der Waals surface area contributed by atoms with Crippen LogP contribution in [-0.4, -0.2) is 33.8 Å². The highest BCUT2D eigenvalue weighted by atomic mass is 35.5. The summed E-state index contributed by atoms with van der Waals surface area (Å²) in [5, 5.41) is 4.07. The van der Waals surface area contributed by atoms with E-state index in [0.717, 1.165) is 47.6 Å². The Hall–Kier alpha value is -0.930. The molecule has 2 rings (SSSR count). The van der Waals surface area contributed by atoms with Gasteiger partial charge in [0.15, 0.2) is 0 Å². The predicted molar refractivity (Wildman–Crippen MR) is 72.4 cm³/mol. The van der Waals surface area contributed by atoms with Gasteiger partial charge in [-0.15, -0.1) is 0 Å². The standard InChI is InChI=1S/C13H19ClN2O/c1-9-4-13(17-3)12(5-11(9)14)16(2)8-10-6-15-7-10/h4-5,10,15H,6-8H2,1-3H3. The van der Waals surface area contributed by atoms with Crippen LogP contribution < -0.4 is 15.0 Å². The van der Waals surface area contributed by atoms with Gasteiger partial charge in [-0.2, -0.15) is 0 Å². The van der Waals surface area contributed by atoms with Crippen molar-refractivity contribution < 1.29 is 4.74 Å². The molecule has 1 aromatic carbocycles. The van der Waals surface area contributed by atoms with Crippen LogP contribution in [0.15, 0.2) is 12.1 Å². The first-order valence-corrected chi connectivity index (χ1v) is 6.25. The third kappa shape index (κ3) is 2.67. The molecule has 17 heavy (non-hydrogen) atoms. The van der Waals surface area contributed by atoms with Crippen LogP contribution in [0.4, 0.5) is 5.69 Å². The van der Waals surface area contributed by atoms with Gasteiger partial charge in [0.2, 0.25) is 0 Å². The molecule has 0 aromatic heterocycles. The van der Waals surface area contributed by atoms with Crippen LogP contribution in [0.3, 0.4) is 0 Å². The van der Waals surface area contributed by atoms with E-state index in [1.165, 1.54) is 0 Å². The smallest absolute Gasteiger partial charge is 0.142 e. The second kappa shape index (κ2) is 5.15. The molecule has 0 atom stereocenters. The number of benzene rings is 1. The zero-order chi connectivity index (χ0) is 12.4. The maximum atomic E-state index is 6.18. The van der Waals surface area contributed by atoms with Gasteiger partial charge in [-0.3, -0.25) is 0 Å². The fraction of sp³-hybridized carbons (Fsp3) is 0.538. The largest absolute Gasteiger partial charge is 0.495 e. The summed E-state index contributed by atoms with van der Waals surface area (Å²) in [5.41, 5.74) is 2.11. The first-order chi connectivity index (χ1) is 8.11. The Morgan fingerprint density at radius 3 is 2.71 bits per heavy atom. The molecule has 0 unspecified atom stereocenters. The molecule has 1 aromatic rings. The van der Waals surface area contributed by atoms with E-state index in [1.807, 2.05) is 19.1 Å². The Kier molecular flexibility index (Phi) is 3.79. The maximum Gasteiger partial charge on any atom is 0.142 e. The van der Waals surface area contributed by atoms with Crippen molar-refractivity contribution >= 4 is 17.3 Å². The van der Waals surface area contributed by atoms with Crippen LogP contribution in [0.5, 0.6) is 5.75 Å². The SMILES string of the molecule is COc1cc(C)c(Cl)cc1N(C)CC1CNC1. The lowest BCUT2D eigenvalue weighted by Crippen LogP contribution is -2.47. The Morgan fingerprint density at radius 1 is 1.47 bits per heavy atom. The van der Waals surface area contributed by atoms with Gasteiger partial charge in [0.1, 0.15) is 5.75 Å². The number of hydrogen-bond acceptors (Lipinski definition) is 3. The number of hydrogen-bond donors (Lipinski definition) is 1. The number of anilines is 1. The summed E-state index contributed by atoms with van der Waals surface area (Å²) in [6.45, 7) is 5.23. The molecular formula is C13H19ClN2O. The van der Waals surface area contributed by atoms with Gasteiger partial charge in [0.25, 0.3) is 0 Å². The molecule has 0 amide bonds. The highest BCUT2D eigenvalue weighted by molar-refractivity contribution is 6.31. The molecule has 0 radical (unpaired) electrons. The van der Waals surface area contributed by atoms with Crippen LogP contribution in [0.1, 0.15) is 5.56 Å². The third-order valence-electron chi connectivity index (χ3n) is 3.27. The molecule has 1 aliphatic rings. The summed E-state index contributed by atoms with van der Waals surface area (Å²) in [5.74, 6) is 1.62. The van der Waals surface area contributed by atoms with E-state index in [1.54, 1.807) is 7.11 Å². The zero-order valence-electron chi connectivity index (χ0n) is 10.6. The predicted octanol–water partition coefficient (Wildman–Crippen LogP) is 2.31. The van der Waals surface area contributed by atoms with Crippen LogP contribution in [0.25, 0.3) is 0 Å². The second-order valence-electron chi connectivity index (χ2n) is 4.68. The van der Waals surface area contributed by atoms with Crippen LogP contribution in [-0.2, 0) is 0 Å². The lowest BCUT2D eigenvalue weighted by atomic mass is 10.0. The van der Waals surface area contributed by atoms with Gasteiger partial charge in [-0.25, -0.2) is 0 Å². The molecule has 0 saturated carbocycles. The van der Waals surface area contributed by atoms with Crippen LogP contribution in [0, 0.1) is 12.8 Å². The van der Waals surface area contributed by atoms with Gasteiger partial charge < -0.3 is 15.0 Å². The van der Waals surface area contributed by atoms with Gasteiger partial charge in [-0.05, 0) is 24.6 Å². The zero-order valence-corrected chi connectivity index (χ0v) is 11.3. The number of nitrogens with one attached hydrogen (secondary N) is 1. The number of halogens is 1. The van der Waals surface area contributed by atoms with Gasteiger partial charge in [0.05, 0.1) is 12.8 Å². The summed E-state index contributed by atoms with van der Waals surface area (Å²) in [6.07, 6.45) is 0. The van der Waals surface area contributed by atoms with E-state index in [-0.39, 0.29) is 0 Å². The number of ether oxygens (including phenoxy) is 1.